The maximum atomic E-state index is 4.49. The molecule has 0 saturated heterocycles. The lowest BCUT2D eigenvalue weighted by Gasteiger charge is -2.33. The van der Waals surface area contributed by atoms with Gasteiger partial charge in [0.05, 0.1) is 0 Å². The standard InChI is InChI=1S/C18H33N3/c1-13(2)12-21(14(3)4)17-9-15(5)19-10-16(17)11-20-18(6,7)8/h9-10,13-14,20H,11-12H2,1-8H3. The molecule has 0 aliphatic carbocycles. The molecule has 1 N–H and O–H groups in total. The highest BCUT2D eigenvalue weighted by Crippen LogP contribution is 2.24. The van der Waals surface area contributed by atoms with Crippen molar-refractivity contribution in [2.75, 3.05) is 11.4 Å². The smallest absolute Gasteiger partial charge is 0.0447 e. The van der Waals surface area contributed by atoms with E-state index >= 15 is 0 Å². The Morgan fingerprint density at radius 3 is 2.29 bits per heavy atom. The van der Waals surface area contributed by atoms with E-state index in [-0.39, 0.29) is 5.54 Å². The van der Waals surface area contributed by atoms with Gasteiger partial charge in [0.1, 0.15) is 0 Å². The van der Waals surface area contributed by atoms with Crippen molar-refractivity contribution >= 4 is 5.69 Å². The maximum Gasteiger partial charge on any atom is 0.0447 e. The molecule has 0 amide bonds. The summed E-state index contributed by atoms with van der Waals surface area (Å²) in [4.78, 5) is 6.99. The molecule has 0 aliphatic heterocycles. The summed E-state index contributed by atoms with van der Waals surface area (Å²) in [5, 5.41) is 3.58. The van der Waals surface area contributed by atoms with Crippen LogP contribution in [-0.4, -0.2) is 23.1 Å². The SMILES string of the molecule is Cc1cc(N(CC(C)C)C(C)C)c(CNC(C)(C)C)cn1. The second-order valence-electron chi connectivity index (χ2n) is 7.70. The molecule has 0 saturated carbocycles. The van der Waals surface area contributed by atoms with E-state index in [2.05, 4.69) is 76.7 Å². The van der Waals surface area contributed by atoms with Crippen molar-refractivity contribution in [3.05, 3.63) is 23.5 Å². The van der Waals surface area contributed by atoms with Crippen LogP contribution in [0.15, 0.2) is 12.3 Å². The number of rotatable bonds is 6. The van der Waals surface area contributed by atoms with Crippen LogP contribution < -0.4 is 10.2 Å². The maximum absolute atomic E-state index is 4.49. The molecule has 3 nitrogen and oxygen atoms in total. The van der Waals surface area contributed by atoms with Crippen LogP contribution in [0.4, 0.5) is 5.69 Å². The highest BCUT2D eigenvalue weighted by molar-refractivity contribution is 5.54. The quantitative estimate of drug-likeness (QED) is 0.853. The van der Waals surface area contributed by atoms with Crippen LogP contribution in [0.5, 0.6) is 0 Å². The summed E-state index contributed by atoms with van der Waals surface area (Å²) in [6.45, 7) is 19.7. The summed E-state index contributed by atoms with van der Waals surface area (Å²) in [5.74, 6) is 0.643. The minimum absolute atomic E-state index is 0.114. The van der Waals surface area contributed by atoms with E-state index in [1.807, 2.05) is 6.20 Å². The van der Waals surface area contributed by atoms with E-state index in [0.29, 0.717) is 12.0 Å². The zero-order chi connectivity index (χ0) is 16.2. The monoisotopic (exact) mass is 291 g/mol. The van der Waals surface area contributed by atoms with Crippen LogP contribution in [0.2, 0.25) is 0 Å². The van der Waals surface area contributed by atoms with Gasteiger partial charge in [0.25, 0.3) is 0 Å². The first-order valence-corrected chi connectivity index (χ1v) is 8.07. The summed E-state index contributed by atoms with van der Waals surface area (Å²) >= 11 is 0. The summed E-state index contributed by atoms with van der Waals surface area (Å²) < 4.78 is 0. The van der Waals surface area contributed by atoms with Crippen molar-refractivity contribution in [1.82, 2.24) is 10.3 Å². The van der Waals surface area contributed by atoms with Crippen LogP contribution in [-0.2, 0) is 6.54 Å². The van der Waals surface area contributed by atoms with Crippen molar-refractivity contribution in [2.45, 2.75) is 73.5 Å². The van der Waals surface area contributed by atoms with Crippen LogP contribution in [0.1, 0.15) is 59.7 Å². The third kappa shape index (κ3) is 6.04. The lowest BCUT2D eigenvalue weighted by Crippen LogP contribution is -2.38. The molecule has 0 radical (unpaired) electrons. The van der Waals surface area contributed by atoms with E-state index in [4.69, 9.17) is 0 Å². The van der Waals surface area contributed by atoms with Gasteiger partial charge in [-0.2, -0.15) is 0 Å². The Morgan fingerprint density at radius 2 is 1.81 bits per heavy atom. The number of anilines is 1. The van der Waals surface area contributed by atoms with Crippen molar-refractivity contribution in [2.24, 2.45) is 5.92 Å². The molecular formula is C18H33N3. The highest BCUT2D eigenvalue weighted by Gasteiger charge is 2.18. The van der Waals surface area contributed by atoms with E-state index < -0.39 is 0 Å². The fourth-order valence-corrected chi connectivity index (χ4v) is 2.32. The van der Waals surface area contributed by atoms with E-state index in [1.54, 1.807) is 0 Å². The highest BCUT2D eigenvalue weighted by atomic mass is 15.2. The predicted molar refractivity (Wildman–Crippen MR) is 92.9 cm³/mol. The van der Waals surface area contributed by atoms with Gasteiger partial charge in [0.2, 0.25) is 0 Å². The van der Waals surface area contributed by atoms with Crippen molar-refractivity contribution in [3.63, 3.8) is 0 Å². The molecule has 0 atom stereocenters. The third-order valence-corrected chi connectivity index (χ3v) is 3.40. The number of nitrogens with zero attached hydrogens (tertiary/aromatic N) is 2. The Balaban J connectivity index is 3.09. The van der Waals surface area contributed by atoms with Crippen LogP contribution in [0.3, 0.4) is 0 Å². The van der Waals surface area contributed by atoms with Crippen LogP contribution >= 0.6 is 0 Å². The Kier molecular flexibility index (Phi) is 6.21. The van der Waals surface area contributed by atoms with Crippen LogP contribution in [0, 0.1) is 12.8 Å². The molecule has 0 bridgehead atoms. The number of pyridine rings is 1. The number of nitrogens with one attached hydrogen (secondary N) is 1. The number of hydrogen-bond acceptors (Lipinski definition) is 3. The predicted octanol–water partition coefficient (Wildman–Crippen LogP) is 4.15. The molecule has 120 valence electrons. The van der Waals surface area contributed by atoms with Gasteiger partial charge < -0.3 is 10.2 Å². The van der Waals surface area contributed by atoms with Gasteiger partial charge in [0.15, 0.2) is 0 Å². The lowest BCUT2D eigenvalue weighted by atomic mass is 10.1. The molecule has 0 fully saturated rings. The normalized spacial score (nSPS) is 12.3. The van der Waals surface area contributed by atoms with Gasteiger partial charge in [-0.25, -0.2) is 0 Å². The first-order chi connectivity index (χ1) is 9.60. The Bertz CT molecular complexity index is 444. The van der Waals surface area contributed by atoms with Crippen molar-refractivity contribution in [3.8, 4) is 0 Å². The van der Waals surface area contributed by atoms with E-state index in [0.717, 1.165) is 18.8 Å². The summed E-state index contributed by atoms with van der Waals surface area (Å²) in [6.07, 6.45) is 2.03. The molecule has 0 aromatic carbocycles. The summed E-state index contributed by atoms with van der Waals surface area (Å²) in [6, 6.07) is 2.71. The number of aryl methyl sites for hydroxylation is 1. The average Bonchev–Trinajstić information content (AvgIpc) is 2.32. The molecule has 0 spiro atoms. The first-order valence-electron chi connectivity index (χ1n) is 8.07. The summed E-state index contributed by atoms with van der Waals surface area (Å²) in [5.41, 5.74) is 3.80. The second-order valence-corrected chi connectivity index (χ2v) is 7.70. The van der Waals surface area contributed by atoms with E-state index in [1.165, 1.54) is 11.3 Å². The molecule has 1 heterocycles. The third-order valence-electron chi connectivity index (χ3n) is 3.40. The minimum Gasteiger partial charge on any atom is -0.368 e. The first kappa shape index (κ1) is 18.0. The largest absolute Gasteiger partial charge is 0.368 e. The molecule has 1 aromatic heterocycles. The molecule has 1 rings (SSSR count). The van der Waals surface area contributed by atoms with Gasteiger partial charge in [-0.15, -0.1) is 0 Å². The molecule has 3 heteroatoms. The number of aromatic nitrogens is 1. The minimum atomic E-state index is 0.114. The van der Waals surface area contributed by atoms with Crippen LogP contribution in [0.25, 0.3) is 0 Å². The molecular weight excluding hydrogens is 258 g/mol. The Hall–Kier alpha value is -1.09. The van der Waals surface area contributed by atoms with Crippen molar-refractivity contribution < 1.29 is 0 Å². The molecule has 1 aromatic rings. The average molecular weight is 291 g/mol. The van der Waals surface area contributed by atoms with Gasteiger partial charge in [0, 0.05) is 47.8 Å². The fourth-order valence-electron chi connectivity index (χ4n) is 2.32. The van der Waals surface area contributed by atoms with Gasteiger partial charge >= 0.3 is 0 Å². The van der Waals surface area contributed by atoms with Gasteiger partial charge in [-0.3, -0.25) is 4.98 Å². The van der Waals surface area contributed by atoms with Gasteiger partial charge in [-0.1, -0.05) is 13.8 Å². The summed E-state index contributed by atoms with van der Waals surface area (Å²) in [7, 11) is 0. The Morgan fingerprint density at radius 1 is 1.19 bits per heavy atom. The molecule has 0 aliphatic rings. The Labute approximate surface area is 131 Å². The van der Waals surface area contributed by atoms with Crippen molar-refractivity contribution in [1.29, 1.82) is 0 Å². The zero-order valence-corrected chi connectivity index (χ0v) is 15.1. The molecule has 0 unspecified atom stereocenters. The molecule has 21 heavy (non-hydrogen) atoms. The fraction of sp³-hybridized carbons (Fsp3) is 0.722. The second kappa shape index (κ2) is 7.26. The lowest BCUT2D eigenvalue weighted by molar-refractivity contribution is 0.423. The van der Waals surface area contributed by atoms with E-state index in [9.17, 15) is 0 Å². The zero-order valence-electron chi connectivity index (χ0n) is 15.1. The topological polar surface area (TPSA) is 28.2 Å². The van der Waals surface area contributed by atoms with Gasteiger partial charge in [-0.05, 0) is 53.5 Å². The number of hydrogen-bond donors (Lipinski definition) is 1.